The van der Waals surface area contributed by atoms with E-state index in [1.807, 2.05) is 6.07 Å². The molecular weight excluding hydrogens is 254 g/mol. The molecule has 0 atom stereocenters. The van der Waals surface area contributed by atoms with Gasteiger partial charge in [0.1, 0.15) is 11.4 Å². The molecule has 0 unspecified atom stereocenters. The van der Waals surface area contributed by atoms with Gasteiger partial charge < -0.3 is 9.47 Å². The zero-order valence-corrected chi connectivity index (χ0v) is 11.9. The molecule has 0 amide bonds. The van der Waals surface area contributed by atoms with Crippen molar-refractivity contribution in [3.05, 3.63) is 29.5 Å². The number of hydrogen-bond acceptors (Lipinski definition) is 4. The minimum Gasteiger partial charge on any atom is -0.496 e. The highest BCUT2D eigenvalue weighted by atomic mass is 16.5. The van der Waals surface area contributed by atoms with Gasteiger partial charge >= 0.3 is 0 Å². The molecule has 5 heteroatoms. The molecule has 1 aliphatic carbocycles. The first-order valence-electron chi connectivity index (χ1n) is 6.91. The molecule has 0 saturated heterocycles. The Morgan fingerprint density at radius 2 is 1.95 bits per heavy atom. The van der Waals surface area contributed by atoms with Crippen molar-refractivity contribution in [2.45, 2.75) is 32.4 Å². The van der Waals surface area contributed by atoms with E-state index in [9.17, 15) is 0 Å². The summed E-state index contributed by atoms with van der Waals surface area (Å²) in [6.45, 7) is 0.373. The lowest BCUT2D eigenvalue weighted by atomic mass is 9.86. The van der Waals surface area contributed by atoms with Gasteiger partial charge in [0.15, 0.2) is 6.73 Å². The summed E-state index contributed by atoms with van der Waals surface area (Å²) in [5.74, 6) is 0.993. The zero-order chi connectivity index (χ0) is 13.9. The number of methoxy groups -OCH3 is 2. The summed E-state index contributed by atoms with van der Waals surface area (Å²) in [5.41, 5.74) is 4.77. The fourth-order valence-corrected chi connectivity index (χ4v) is 2.86. The topological polar surface area (TPSA) is 49.2 Å². The smallest absolute Gasteiger partial charge is 0.158 e. The van der Waals surface area contributed by atoms with E-state index in [0.29, 0.717) is 6.73 Å². The van der Waals surface area contributed by atoms with Crippen LogP contribution >= 0.6 is 0 Å². The number of fused-ring (bicyclic) bond motifs is 1. The Bertz CT molecular complexity index is 607. The Balaban J connectivity index is 2.04. The molecule has 0 aliphatic heterocycles. The first-order chi connectivity index (χ1) is 9.83. The second-order valence-corrected chi connectivity index (χ2v) is 5.00. The van der Waals surface area contributed by atoms with Crippen LogP contribution in [-0.2, 0) is 24.3 Å². The summed E-state index contributed by atoms with van der Waals surface area (Å²) >= 11 is 0. The largest absolute Gasteiger partial charge is 0.496 e. The van der Waals surface area contributed by atoms with Crippen molar-refractivity contribution in [1.29, 1.82) is 0 Å². The van der Waals surface area contributed by atoms with E-state index in [1.54, 1.807) is 25.2 Å². The van der Waals surface area contributed by atoms with Gasteiger partial charge in [0.05, 0.1) is 13.3 Å². The standard InChI is InChI=1S/C15H19N3O2/c1-19-10-18-16-9-14(17-18)12-7-8-15(20-2)13-6-4-3-5-11(12)13/h7-9H,3-6,10H2,1-2H3. The van der Waals surface area contributed by atoms with E-state index >= 15 is 0 Å². The first kappa shape index (κ1) is 13.1. The molecule has 2 aromatic rings. The van der Waals surface area contributed by atoms with Gasteiger partial charge in [-0.05, 0) is 48.9 Å². The van der Waals surface area contributed by atoms with Crippen LogP contribution in [-0.4, -0.2) is 29.2 Å². The Morgan fingerprint density at radius 1 is 1.15 bits per heavy atom. The van der Waals surface area contributed by atoms with E-state index in [2.05, 4.69) is 16.3 Å². The molecule has 0 spiro atoms. The molecule has 3 rings (SSSR count). The third-order valence-corrected chi connectivity index (χ3v) is 3.77. The van der Waals surface area contributed by atoms with E-state index in [-0.39, 0.29) is 0 Å². The highest BCUT2D eigenvalue weighted by molar-refractivity contribution is 5.67. The lowest BCUT2D eigenvalue weighted by Crippen LogP contribution is -2.07. The van der Waals surface area contributed by atoms with Gasteiger partial charge in [-0.3, -0.25) is 0 Å². The highest BCUT2D eigenvalue weighted by Crippen LogP contribution is 2.36. The lowest BCUT2D eigenvalue weighted by Gasteiger charge is -2.21. The molecule has 0 radical (unpaired) electrons. The van der Waals surface area contributed by atoms with Crippen LogP contribution in [0.3, 0.4) is 0 Å². The van der Waals surface area contributed by atoms with E-state index < -0.39 is 0 Å². The molecule has 5 nitrogen and oxygen atoms in total. The zero-order valence-electron chi connectivity index (χ0n) is 11.9. The predicted molar refractivity (Wildman–Crippen MR) is 75.7 cm³/mol. The summed E-state index contributed by atoms with van der Waals surface area (Å²) in [4.78, 5) is 1.56. The predicted octanol–water partition coefficient (Wildman–Crippen LogP) is 2.44. The Kier molecular flexibility index (Phi) is 3.69. The number of hydrogen-bond donors (Lipinski definition) is 0. The molecule has 20 heavy (non-hydrogen) atoms. The summed E-state index contributed by atoms with van der Waals surface area (Å²) in [6.07, 6.45) is 6.41. The number of aromatic nitrogens is 3. The van der Waals surface area contributed by atoms with Crippen molar-refractivity contribution in [2.24, 2.45) is 0 Å². The normalized spacial score (nSPS) is 14.1. The Labute approximate surface area is 118 Å². The average Bonchev–Trinajstić information content (AvgIpc) is 2.95. The molecule has 106 valence electrons. The summed E-state index contributed by atoms with van der Waals surface area (Å²) in [7, 11) is 3.37. The van der Waals surface area contributed by atoms with E-state index in [0.717, 1.165) is 24.3 Å². The number of ether oxygens (including phenoxy) is 2. The van der Waals surface area contributed by atoms with Gasteiger partial charge in [-0.15, -0.1) is 0 Å². The molecular formula is C15H19N3O2. The molecule has 1 aliphatic rings. The van der Waals surface area contributed by atoms with Crippen molar-refractivity contribution in [3.63, 3.8) is 0 Å². The SMILES string of the molecule is COCn1ncc(-c2ccc(OC)c3c2CCCC3)n1. The molecule has 1 heterocycles. The summed E-state index contributed by atoms with van der Waals surface area (Å²) < 4.78 is 10.5. The minimum absolute atomic E-state index is 0.373. The molecule has 0 bridgehead atoms. The van der Waals surface area contributed by atoms with Gasteiger partial charge in [-0.1, -0.05) is 0 Å². The average molecular weight is 273 g/mol. The van der Waals surface area contributed by atoms with Crippen LogP contribution in [0, 0.1) is 0 Å². The minimum atomic E-state index is 0.373. The van der Waals surface area contributed by atoms with Crippen molar-refractivity contribution in [3.8, 4) is 17.0 Å². The quantitative estimate of drug-likeness (QED) is 0.858. The van der Waals surface area contributed by atoms with Crippen LogP contribution in [0.5, 0.6) is 5.75 Å². The number of nitrogens with zero attached hydrogens (tertiary/aromatic N) is 3. The fourth-order valence-electron chi connectivity index (χ4n) is 2.86. The second-order valence-electron chi connectivity index (χ2n) is 5.00. The van der Waals surface area contributed by atoms with Gasteiger partial charge in [-0.2, -0.15) is 15.0 Å². The molecule has 0 fully saturated rings. The molecule has 0 N–H and O–H groups in total. The Morgan fingerprint density at radius 3 is 2.70 bits per heavy atom. The van der Waals surface area contributed by atoms with Crippen molar-refractivity contribution < 1.29 is 9.47 Å². The Hall–Kier alpha value is -1.88. The van der Waals surface area contributed by atoms with Crippen LogP contribution in [0.2, 0.25) is 0 Å². The van der Waals surface area contributed by atoms with Crippen molar-refractivity contribution in [1.82, 2.24) is 15.0 Å². The maximum absolute atomic E-state index is 5.49. The first-order valence-corrected chi connectivity index (χ1v) is 6.91. The van der Waals surface area contributed by atoms with E-state index in [4.69, 9.17) is 9.47 Å². The van der Waals surface area contributed by atoms with Crippen LogP contribution in [0.15, 0.2) is 18.3 Å². The maximum atomic E-state index is 5.49. The van der Waals surface area contributed by atoms with Gasteiger partial charge in [0, 0.05) is 12.7 Å². The lowest BCUT2D eigenvalue weighted by molar-refractivity contribution is 0.108. The monoisotopic (exact) mass is 273 g/mol. The molecule has 0 saturated carbocycles. The van der Waals surface area contributed by atoms with Crippen molar-refractivity contribution in [2.75, 3.05) is 14.2 Å². The van der Waals surface area contributed by atoms with Crippen LogP contribution in [0.4, 0.5) is 0 Å². The van der Waals surface area contributed by atoms with Crippen LogP contribution in [0.1, 0.15) is 24.0 Å². The van der Waals surface area contributed by atoms with E-state index in [1.165, 1.54) is 29.5 Å². The highest BCUT2D eigenvalue weighted by Gasteiger charge is 2.19. The van der Waals surface area contributed by atoms with Crippen molar-refractivity contribution >= 4 is 0 Å². The van der Waals surface area contributed by atoms with Crippen LogP contribution < -0.4 is 4.74 Å². The van der Waals surface area contributed by atoms with Gasteiger partial charge in [-0.25, -0.2) is 0 Å². The third-order valence-electron chi connectivity index (χ3n) is 3.77. The molecule has 1 aromatic heterocycles. The molecule has 1 aromatic carbocycles. The number of rotatable bonds is 4. The summed E-state index contributed by atoms with van der Waals surface area (Å²) in [6, 6.07) is 4.12. The second kappa shape index (κ2) is 5.63. The van der Waals surface area contributed by atoms with Crippen LogP contribution in [0.25, 0.3) is 11.3 Å². The van der Waals surface area contributed by atoms with Gasteiger partial charge in [0.2, 0.25) is 0 Å². The third kappa shape index (κ3) is 2.29. The van der Waals surface area contributed by atoms with Gasteiger partial charge in [0.25, 0.3) is 0 Å². The number of benzene rings is 1. The fraction of sp³-hybridized carbons (Fsp3) is 0.467. The maximum Gasteiger partial charge on any atom is 0.158 e. The summed E-state index contributed by atoms with van der Waals surface area (Å²) in [5, 5.41) is 8.70.